The fraction of sp³-hybridized carbons (Fsp3) is 0.632. The van der Waals surface area contributed by atoms with Crippen molar-refractivity contribution in [2.24, 2.45) is 0 Å². The summed E-state index contributed by atoms with van der Waals surface area (Å²) in [6.07, 6.45) is 12.6. The van der Waals surface area contributed by atoms with E-state index in [0.29, 0.717) is 11.7 Å². The average molecular weight is 272 g/mol. The Morgan fingerprint density at radius 3 is 2.50 bits per heavy atom. The highest BCUT2D eigenvalue weighted by Gasteiger charge is 2.24. The van der Waals surface area contributed by atoms with Crippen LogP contribution in [-0.4, -0.2) is 5.78 Å². The van der Waals surface area contributed by atoms with Crippen LogP contribution in [0.15, 0.2) is 24.3 Å². The van der Waals surface area contributed by atoms with E-state index < -0.39 is 0 Å². The van der Waals surface area contributed by atoms with Crippen LogP contribution in [0.2, 0.25) is 0 Å². The van der Waals surface area contributed by atoms with Crippen LogP contribution in [0.3, 0.4) is 0 Å². The Kier molecular flexibility index (Phi) is 6.29. The van der Waals surface area contributed by atoms with Crippen LogP contribution in [0.25, 0.3) is 0 Å². The van der Waals surface area contributed by atoms with Crippen molar-refractivity contribution in [3.8, 4) is 0 Å². The Hall–Kier alpha value is -1.11. The highest BCUT2D eigenvalue weighted by atomic mass is 16.1. The van der Waals surface area contributed by atoms with Crippen molar-refractivity contribution in [3.63, 3.8) is 0 Å². The number of hydrogen-bond acceptors (Lipinski definition) is 1. The van der Waals surface area contributed by atoms with Crippen LogP contribution in [-0.2, 0) is 0 Å². The lowest BCUT2D eigenvalue weighted by Gasteiger charge is -2.24. The lowest BCUT2D eigenvalue weighted by atomic mass is 9.79. The van der Waals surface area contributed by atoms with Crippen molar-refractivity contribution < 1.29 is 4.79 Å². The monoisotopic (exact) mass is 272 g/mol. The van der Waals surface area contributed by atoms with Gasteiger partial charge in [-0.25, -0.2) is 0 Å². The predicted molar refractivity (Wildman–Crippen MR) is 85.4 cm³/mol. The van der Waals surface area contributed by atoms with Gasteiger partial charge in [0.15, 0.2) is 5.78 Å². The van der Waals surface area contributed by atoms with E-state index in [2.05, 4.69) is 19.1 Å². The average Bonchev–Trinajstić information content (AvgIpc) is 2.49. The molecule has 0 amide bonds. The van der Waals surface area contributed by atoms with Gasteiger partial charge >= 0.3 is 0 Å². The second-order valence-electron chi connectivity index (χ2n) is 6.16. The molecular weight excluding hydrogens is 244 g/mol. The molecule has 0 radical (unpaired) electrons. The van der Waals surface area contributed by atoms with Crippen molar-refractivity contribution in [2.45, 2.75) is 77.0 Å². The Morgan fingerprint density at radius 1 is 1.00 bits per heavy atom. The number of rotatable bonds is 8. The summed E-state index contributed by atoms with van der Waals surface area (Å²) < 4.78 is 0. The Labute approximate surface area is 123 Å². The maximum atomic E-state index is 11.9. The van der Waals surface area contributed by atoms with E-state index in [-0.39, 0.29) is 0 Å². The minimum atomic E-state index is 0.344. The number of unbranched alkanes of at least 4 members (excludes halogenated alkanes) is 6. The van der Waals surface area contributed by atoms with E-state index in [1.54, 1.807) is 0 Å². The van der Waals surface area contributed by atoms with Gasteiger partial charge in [-0.15, -0.1) is 0 Å². The number of Topliss-reactive ketones (excluding diaryl/α,β-unsaturated/α-hetero) is 1. The molecule has 1 aliphatic rings. The molecule has 0 aromatic heterocycles. The number of ketones is 1. The Balaban J connectivity index is 1.74. The lowest BCUT2D eigenvalue weighted by molar-refractivity contribution is 0.0966. The first kappa shape index (κ1) is 15.3. The predicted octanol–water partition coefficient (Wildman–Crippen LogP) is 5.89. The molecule has 0 heterocycles. The zero-order valence-corrected chi connectivity index (χ0v) is 12.9. The van der Waals surface area contributed by atoms with Crippen LogP contribution in [0.5, 0.6) is 0 Å². The molecule has 2 rings (SSSR count). The van der Waals surface area contributed by atoms with Crippen molar-refractivity contribution >= 4 is 5.78 Å². The van der Waals surface area contributed by atoms with Crippen molar-refractivity contribution in [2.75, 3.05) is 0 Å². The molecule has 0 fully saturated rings. The SMILES string of the molecule is CCCCCCCCCC1CCC(=O)c2ccccc21. The largest absolute Gasteiger partial charge is 0.294 e. The molecule has 0 saturated heterocycles. The molecule has 1 aromatic carbocycles. The first-order valence-corrected chi connectivity index (χ1v) is 8.45. The maximum Gasteiger partial charge on any atom is 0.163 e. The first-order chi connectivity index (χ1) is 9.83. The lowest BCUT2D eigenvalue weighted by Crippen LogP contribution is -2.15. The summed E-state index contributed by atoms with van der Waals surface area (Å²) in [6, 6.07) is 8.24. The van der Waals surface area contributed by atoms with E-state index in [4.69, 9.17) is 0 Å². The molecule has 0 N–H and O–H groups in total. The summed E-state index contributed by atoms with van der Waals surface area (Å²) in [5, 5.41) is 0. The van der Waals surface area contributed by atoms with Gasteiger partial charge < -0.3 is 0 Å². The van der Waals surface area contributed by atoms with Crippen LogP contribution in [0, 0.1) is 0 Å². The van der Waals surface area contributed by atoms with Crippen molar-refractivity contribution in [1.82, 2.24) is 0 Å². The topological polar surface area (TPSA) is 17.1 Å². The fourth-order valence-electron chi connectivity index (χ4n) is 3.35. The van der Waals surface area contributed by atoms with Gasteiger partial charge in [0.2, 0.25) is 0 Å². The highest BCUT2D eigenvalue weighted by Crippen LogP contribution is 2.35. The smallest absolute Gasteiger partial charge is 0.163 e. The van der Waals surface area contributed by atoms with Gasteiger partial charge in [-0.2, -0.15) is 0 Å². The van der Waals surface area contributed by atoms with Gasteiger partial charge in [0.1, 0.15) is 0 Å². The van der Waals surface area contributed by atoms with Gasteiger partial charge in [-0.05, 0) is 24.3 Å². The van der Waals surface area contributed by atoms with E-state index >= 15 is 0 Å². The highest BCUT2D eigenvalue weighted by molar-refractivity contribution is 5.98. The molecule has 0 spiro atoms. The van der Waals surface area contributed by atoms with Gasteiger partial charge in [0, 0.05) is 12.0 Å². The molecule has 0 saturated carbocycles. The first-order valence-electron chi connectivity index (χ1n) is 8.45. The molecule has 1 aliphatic carbocycles. The Bertz CT molecular complexity index is 422. The molecule has 1 nitrogen and oxygen atoms in total. The van der Waals surface area contributed by atoms with Crippen LogP contribution < -0.4 is 0 Å². The number of carbonyl (C=O) groups excluding carboxylic acids is 1. The standard InChI is InChI=1S/C19H28O/c1-2-3-4-5-6-7-8-11-16-14-15-19(20)18-13-10-9-12-17(16)18/h9-10,12-13,16H,2-8,11,14-15H2,1H3. The summed E-state index contributed by atoms with van der Waals surface area (Å²) in [5.74, 6) is 0.968. The van der Waals surface area contributed by atoms with Crippen LogP contribution in [0.4, 0.5) is 0 Å². The zero-order valence-electron chi connectivity index (χ0n) is 12.9. The summed E-state index contributed by atoms with van der Waals surface area (Å²) in [7, 11) is 0. The molecule has 0 aliphatic heterocycles. The second kappa shape index (κ2) is 8.24. The molecule has 0 bridgehead atoms. The van der Waals surface area contributed by atoms with Gasteiger partial charge in [-0.1, -0.05) is 76.1 Å². The fourth-order valence-corrected chi connectivity index (χ4v) is 3.35. The third-order valence-corrected chi connectivity index (χ3v) is 4.58. The molecule has 1 heteroatoms. The molecule has 1 atom stereocenters. The van der Waals surface area contributed by atoms with Crippen molar-refractivity contribution in [1.29, 1.82) is 0 Å². The quantitative estimate of drug-likeness (QED) is 0.539. The third-order valence-electron chi connectivity index (χ3n) is 4.58. The van der Waals surface area contributed by atoms with E-state index in [1.807, 2.05) is 12.1 Å². The van der Waals surface area contributed by atoms with E-state index in [9.17, 15) is 4.79 Å². The van der Waals surface area contributed by atoms with Gasteiger partial charge in [0.25, 0.3) is 0 Å². The molecule has 110 valence electrons. The minimum Gasteiger partial charge on any atom is -0.294 e. The van der Waals surface area contributed by atoms with E-state index in [0.717, 1.165) is 18.4 Å². The molecular formula is C19H28O. The van der Waals surface area contributed by atoms with Gasteiger partial charge in [0.05, 0.1) is 0 Å². The number of hydrogen-bond donors (Lipinski definition) is 0. The Morgan fingerprint density at radius 2 is 1.70 bits per heavy atom. The molecule has 1 aromatic rings. The van der Waals surface area contributed by atoms with Crippen LogP contribution >= 0.6 is 0 Å². The zero-order chi connectivity index (χ0) is 14.2. The minimum absolute atomic E-state index is 0.344. The normalized spacial score (nSPS) is 18.1. The number of fused-ring (bicyclic) bond motifs is 1. The summed E-state index contributed by atoms with van der Waals surface area (Å²) in [4.78, 5) is 11.9. The number of benzene rings is 1. The summed E-state index contributed by atoms with van der Waals surface area (Å²) >= 11 is 0. The van der Waals surface area contributed by atoms with E-state index in [1.165, 1.54) is 56.9 Å². The van der Waals surface area contributed by atoms with Crippen molar-refractivity contribution in [3.05, 3.63) is 35.4 Å². The molecule has 20 heavy (non-hydrogen) atoms. The van der Waals surface area contributed by atoms with Crippen LogP contribution in [0.1, 0.15) is 93.0 Å². The second-order valence-corrected chi connectivity index (χ2v) is 6.16. The third kappa shape index (κ3) is 4.19. The number of carbonyl (C=O) groups is 1. The maximum absolute atomic E-state index is 11.9. The molecule has 1 unspecified atom stereocenters. The van der Waals surface area contributed by atoms with Gasteiger partial charge in [-0.3, -0.25) is 4.79 Å². The summed E-state index contributed by atoms with van der Waals surface area (Å²) in [5.41, 5.74) is 2.31. The summed E-state index contributed by atoms with van der Waals surface area (Å²) in [6.45, 7) is 2.27.